The quantitative estimate of drug-likeness (QED) is 0.347. The third-order valence-corrected chi connectivity index (χ3v) is 4.72. The highest BCUT2D eigenvalue weighted by Crippen LogP contribution is 2.26. The van der Waals surface area contributed by atoms with E-state index in [-0.39, 0.29) is 11.3 Å². The number of aromatic nitrogens is 1. The molecule has 0 fully saturated rings. The molecule has 0 aliphatic carbocycles. The molecule has 0 bridgehead atoms. The number of nitrogens with one attached hydrogen (secondary N) is 1. The Labute approximate surface area is 176 Å². The van der Waals surface area contributed by atoms with E-state index in [0.29, 0.717) is 10.0 Å². The molecule has 3 rings (SSSR count). The van der Waals surface area contributed by atoms with Crippen LogP contribution in [0.5, 0.6) is 0 Å². The van der Waals surface area contributed by atoms with Gasteiger partial charge in [-0.2, -0.15) is 5.10 Å². The lowest BCUT2D eigenvalue weighted by atomic mass is 10.2. The summed E-state index contributed by atoms with van der Waals surface area (Å²) in [6, 6.07) is 12.5. The van der Waals surface area contributed by atoms with E-state index in [1.807, 2.05) is 36.6 Å². The van der Waals surface area contributed by atoms with Crippen molar-refractivity contribution in [3.05, 3.63) is 91.2 Å². The fourth-order valence-corrected chi connectivity index (χ4v) is 3.46. The number of rotatable bonds is 5. The van der Waals surface area contributed by atoms with Crippen LogP contribution in [0.1, 0.15) is 27.3 Å². The lowest BCUT2D eigenvalue weighted by molar-refractivity contribution is -0.384. The molecule has 0 saturated carbocycles. The van der Waals surface area contributed by atoms with E-state index in [1.165, 1.54) is 30.5 Å². The molecule has 0 aliphatic rings. The van der Waals surface area contributed by atoms with Crippen molar-refractivity contribution in [2.45, 2.75) is 13.8 Å². The predicted octanol–water partition coefficient (Wildman–Crippen LogP) is 5.07. The number of nitrogens with zero attached hydrogens (tertiary/aromatic N) is 3. The molecule has 0 spiro atoms. The van der Waals surface area contributed by atoms with Crippen molar-refractivity contribution in [1.82, 2.24) is 9.99 Å². The maximum absolute atomic E-state index is 12.1. The van der Waals surface area contributed by atoms with Crippen molar-refractivity contribution in [2.75, 3.05) is 0 Å². The first-order valence-corrected chi connectivity index (χ1v) is 9.25. The highest BCUT2D eigenvalue weighted by Gasteiger charge is 2.12. The summed E-state index contributed by atoms with van der Waals surface area (Å²) in [4.78, 5) is 22.3. The smallest absolute Gasteiger partial charge is 0.271 e. The number of nitro groups is 1. The zero-order valence-electron chi connectivity index (χ0n) is 15.5. The maximum Gasteiger partial charge on any atom is 0.271 e. The SMILES string of the molecule is Cc1cc(/C=N\NC(=O)c2ccc([N+](=O)[O-])cc2)c(C)n1-c1cc(Cl)cc(Cl)c1. The number of carbonyl (C=O) groups excluding carboxylic acids is 1. The number of non-ortho nitro benzene ring substituents is 1. The van der Waals surface area contributed by atoms with Crippen molar-refractivity contribution in [2.24, 2.45) is 5.10 Å². The summed E-state index contributed by atoms with van der Waals surface area (Å²) in [7, 11) is 0. The predicted molar refractivity (Wildman–Crippen MR) is 113 cm³/mol. The molecule has 0 radical (unpaired) electrons. The summed E-state index contributed by atoms with van der Waals surface area (Å²) in [5.41, 5.74) is 6.08. The number of benzene rings is 2. The average molecular weight is 431 g/mol. The minimum atomic E-state index is -0.525. The second kappa shape index (κ2) is 8.46. The van der Waals surface area contributed by atoms with Gasteiger partial charge in [0.1, 0.15) is 0 Å². The van der Waals surface area contributed by atoms with Crippen molar-refractivity contribution >= 4 is 41.0 Å². The summed E-state index contributed by atoms with van der Waals surface area (Å²) < 4.78 is 1.98. The molecular weight excluding hydrogens is 415 g/mol. The van der Waals surface area contributed by atoms with Crippen LogP contribution in [0.2, 0.25) is 10.0 Å². The molecule has 0 atom stereocenters. The van der Waals surface area contributed by atoms with Crippen LogP contribution in [-0.2, 0) is 0 Å². The molecule has 29 heavy (non-hydrogen) atoms. The summed E-state index contributed by atoms with van der Waals surface area (Å²) >= 11 is 12.2. The molecule has 9 heteroatoms. The van der Waals surface area contributed by atoms with E-state index in [9.17, 15) is 14.9 Å². The zero-order chi connectivity index (χ0) is 21.1. The van der Waals surface area contributed by atoms with Gasteiger partial charge in [-0.15, -0.1) is 0 Å². The normalized spacial score (nSPS) is 11.0. The van der Waals surface area contributed by atoms with Gasteiger partial charge in [0.05, 0.1) is 11.1 Å². The largest absolute Gasteiger partial charge is 0.318 e. The molecule has 1 N–H and O–H groups in total. The van der Waals surface area contributed by atoms with E-state index in [1.54, 1.807) is 6.07 Å². The minimum Gasteiger partial charge on any atom is -0.318 e. The lowest BCUT2D eigenvalue weighted by Crippen LogP contribution is -2.17. The maximum atomic E-state index is 12.1. The monoisotopic (exact) mass is 430 g/mol. The van der Waals surface area contributed by atoms with E-state index >= 15 is 0 Å². The standard InChI is InChI=1S/C20H16Cl2N4O3/c1-12-7-15(13(2)25(12)19-9-16(21)8-17(22)10-19)11-23-24-20(27)14-3-5-18(6-4-14)26(28)29/h3-11H,1-2H3,(H,24,27)/b23-11-. The van der Waals surface area contributed by atoms with Crippen LogP contribution < -0.4 is 5.43 Å². The Morgan fingerprint density at radius 3 is 2.31 bits per heavy atom. The van der Waals surface area contributed by atoms with Crippen LogP contribution in [0.15, 0.2) is 53.6 Å². The topological polar surface area (TPSA) is 89.5 Å². The number of hydrazone groups is 1. The number of amides is 1. The average Bonchev–Trinajstić information content (AvgIpc) is 2.94. The summed E-state index contributed by atoms with van der Waals surface area (Å²) in [6.45, 7) is 3.86. The summed E-state index contributed by atoms with van der Waals surface area (Å²) in [5.74, 6) is -0.466. The summed E-state index contributed by atoms with van der Waals surface area (Å²) in [6.07, 6.45) is 1.54. The van der Waals surface area contributed by atoms with Gasteiger partial charge in [-0.05, 0) is 50.2 Å². The number of hydrogen-bond donors (Lipinski definition) is 1. The minimum absolute atomic E-state index is 0.0846. The Hall–Kier alpha value is -3.16. The van der Waals surface area contributed by atoms with E-state index in [2.05, 4.69) is 10.5 Å². The Bertz CT molecular complexity index is 1100. The summed E-state index contributed by atoms with van der Waals surface area (Å²) in [5, 5.41) is 15.7. The molecule has 1 amide bonds. The lowest BCUT2D eigenvalue weighted by Gasteiger charge is -2.10. The molecule has 2 aromatic carbocycles. The van der Waals surface area contributed by atoms with Crippen LogP contribution in [-0.4, -0.2) is 21.6 Å². The van der Waals surface area contributed by atoms with Crippen molar-refractivity contribution in [3.63, 3.8) is 0 Å². The third-order valence-electron chi connectivity index (χ3n) is 4.29. The van der Waals surface area contributed by atoms with Gasteiger partial charge >= 0.3 is 0 Å². The fourth-order valence-electron chi connectivity index (χ4n) is 2.94. The Kier molecular flexibility index (Phi) is 6.00. The third kappa shape index (κ3) is 4.64. The molecule has 1 heterocycles. The van der Waals surface area contributed by atoms with E-state index in [0.717, 1.165) is 22.6 Å². The number of halogens is 2. The first-order chi connectivity index (χ1) is 13.8. The van der Waals surface area contributed by atoms with Gasteiger partial charge in [0.2, 0.25) is 0 Å². The number of carbonyl (C=O) groups is 1. The van der Waals surface area contributed by atoms with Crippen LogP contribution in [0.25, 0.3) is 5.69 Å². The van der Waals surface area contributed by atoms with E-state index in [4.69, 9.17) is 23.2 Å². The second-order valence-corrected chi connectivity index (χ2v) is 7.17. The van der Waals surface area contributed by atoms with Crippen LogP contribution in [0, 0.1) is 24.0 Å². The van der Waals surface area contributed by atoms with E-state index < -0.39 is 10.8 Å². The van der Waals surface area contributed by atoms with Gasteiger partial charge in [0, 0.05) is 50.4 Å². The van der Waals surface area contributed by atoms with Gasteiger partial charge in [-0.25, -0.2) is 5.43 Å². The van der Waals surface area contributed by atoms with Gasteiger partial charge in [-0.3, -0.25) is 14.9 Å². The molecular formula is C20H16Cl2N4O3. The molecule has 7 nitrogen and oxygen atoms in total. The Morgan fingerprint density at radius 2 is 1.72 bits per heavy atom. The first kappa shape index (κ1) is 20.6. The van der Waals surface area contributed by atoms with Crippen molar-refractivity contribution in [3.8, 4) is 5.69 Å². The van der Waals surface area contributed by atoms with Gasteiger partial charge < -0.3 is 4.57 Å². The fraction of sp³-hybridized carbons (Fsp3) is 0.100. The van der Waals surface area contributed by atoms with Crippen LogP contribution in [0.3, 0.4) is 0 Å². The molecule has 0 saturated heterocycles. The highest BCUT2D eigenvalue weighted by molar-refractivity contribution is 6.34. The Balaban J connectivity index is 1.77. The highest BCUT2D eigenvalue weighted by atomic mass is 35.5. The van der Waals surface area contributed by atoms with Crippen molar-refractivity contribution in [1.29, 1.82) is 0 Å². The molecule has 3 aromatic rings. The molecule has 0 aliphatic heterocycles. The Morgan fingerprint density at radius 1 is 1.10 bits per heavy atom. The molecule has 1 aromatic heterocycles. The first-order valence-electron chi connectivity index (χ1n) is 8.49. The van der Waals surface area contributed by atoms with Gasteiger partial charge in [0.25, 0.3) is 11.6 Å². The molecule has 148 valence electrons. The number of hydrogen-bond acceptors (Lipinski definition) is 4. The molecule has 0 unspecified atom stereocenters. The number of nitro benzene ring substituents is 1. The van der Waals surface area contributed by atoms with Gasteiger partial charge in [-0.1, -0.05) is 23.2 Å². The van der Waals surface area contributed by atoms with Crippen LogP contribution >= 0.6 is 23.2 Å². The van der Waals surface area contributed by atoms with Crippen LogP contribution in [0.4, 0.5) is 5.69 Å². The zero-order valence-corrected chi connectivity index (χ0v) is 17.0. The second-order valence-electron chi connectivity index (χ2n) is 6.29. The van der Waals surface area contributed by atoms with Gasteiger partial charge in [0.15, 0.2) is 0 Å². The van der Waals surface area contributed by atoms with Crippen molar-refractivity contribution < 1.29 is 9.72 Å². The number of aryl methyl sites for hydroxylation is 1.